The van der Waals surface area contributed by atoms with Crippen LogP contribution in [0, 0.1) is 5.41 Å². The predicted molar refractivity (Wildman–Crippen MR) is 85.3 cm³/mol. The molecule has 2 aromatic rings. The van der Waals surface area contributed by atoms with E-state index in [0.29, 0.717) is 5.76 Å². The van der Waals surface area contributed by atoms with E-state index in [-0.39, 0.29) is 11.2 Å². The molecule has 0 aliphatic carbocycles. The van der Waals surface area contributed by atoms with Crippen LogP contribution in [0.1, 0.15) is 57.7 Å². The maximum Gasteiger partial charge on any atom is 0.203 e. The standard InChI is InChI=1S/C18H24O3/c1-17(2,3)13-10-12(20-7)8-11-9-14(21-15(11)13)16(19)18(4,5)6/h8-10H,1-7H3. The fourth-order valence-electron chi connectivity index (χ4n) is 2.28. The monoisotopic (exact) mass is 288 g/mol. The number of ketones is 1. The van der Waals surface area contributed by atoms with Crippen LogP contribution in [-0.2, 0) is 5.41 Å². The van der Waals surface area contributed by atoms with Gasteiger partial charge < -0.3 is 9.15 Å². The van der Waals surface area contributed by atoms with Crippen LogP contribution >= 0.6 is 0 Å². The van der Waals surface area contributed by atoms with Crippen molar-refractivity contribution in [3.05, 3.63) is 29.5 Å². The molecule has 0 bridgehead atoms. The molecule has 0 saturated carbocycles. The topological polar surface area (TPSA) is 39.4 Å². The molecule has 0 radical (unpaired) electrons. The van der Waals surface area contributed by atoms with Crippen molar-refractivity contribution in [2.24, 2.45) is 5.41 Å². The molecule has 21 heavy (non-hydrogen) atoms. The van der Waals surface area contributed by atoms with Gasteiger partial charge in [-0.05, 0) is 23.6 Å². The third kappa shape index (κ3) is 2.97. The quantitative estimate of drug-likeness (QED) is 0.732. The van der Waals surface area contributed by atoms with Gasteiger partial charge in [0, 0.05) is 16.4 Å². The second kappa shape index (κ2) is 4.90. The van der Waals surface area contributed by atoms with Crippen molar-refractivity contribution in [3.8, 4) is 5.75 Å². The lowest BCUT2D eigenvalue weighted by molar-refractivity contribution is 0.0830. The van der Waals surface area contributed by atoms with Gasteiger partial charge in [-0.2, -0.15) is 0 Å². The lowest BCUT2D eigenvalue weighted by atomic mass is 9.86. The summed E-state index contributed by atoms with van der Waals surface area (Å²) in [4.78, 5) is 12.4. The van der Waals surface area contributed by atoms with Gasteiger partial charge in [-0.15, -0.1) is 0 Å². The first kappa shape index (κ1) is 15.6. The molecule has 0 saturated heterocycles. The van der Waals surface area contributed by atoms with Gasteiger partial charge in [0.05, 0.1) is 7.11 Å². The molecule has 114 valence electrons. The molecule has 0 N–H and O–H groups in total. The molecule has 0 fully saturated rings. The Kier molecular flexibility index (Phi) is 3.64. The smallest absolute Gasteiger partial charge is 0.203 e. The zero-order valence-corrected chi connectivity index (χ0v) is 14.0. The zero-order valence-electron chi connectivity index (χ0n) is 14.0. The van der Waals surface area contributed by atoms with E-state index in [0.717, 1.165) is 22.3 Å². The van der Waals surface area contributed by atoms with Crippen molar-refractivity contribution in [3.63, 3.8) is 0 Å². The molecule has 2 rings (SSSR count). The third-order valence-electron chi connectivity index (χ3n) is 3.54. The van der Waals surface area contributed by atoms with Crippen molar-refractivity contribution in [2.75, 3.05) is 7.11 Å². The Morgan fingerprint density at radius 3 is 2.14 bits per heavy atom. The first-order valence-corrected chi connectivity index (χ1v) is 7.21. The number of carbonyl (C=O) groups is 1. The lowest BCUT2D eigenvalue weighted by Gasteiger charge is -2.20. The van der Waals surface area contributed by atoms with E-state index in [1.54, 1.807) is 7.11 Å². The second-order valence-corrected chi connectivity index (χ2v) is 7.53. The summed E-state index contributed by atoms with van der Waals surface area (Å²) in [5, 5.41) is 0.909. The number of furan rings is 1. The molecule has 0 aliphatic rings. The third-order valence-corrected chi connectivity index (χ3v) is 3.54. The molecule has 0 spiro atoms. The Balaban J connectivity index is 2.70. The number of fused-ring (bicyclic) bond motifs is 1. The minimum atomic E-state index is -0.458. The summed E-state index contributed by atoms with van der Waals surface area (Å²) < 4.78 is 11.3. The van der Waals surface area contributed by atoms with Crippen LogP contribution < -0.4 is 4.74 Å². The first-order chi connectivity index (χ1) is 9.54. The molecular weight excluding hydrogens is 264 g/mol. The first-order valence-electron chi connectivity index (χ1n) is 7.21. The fraction of sp³-hybridized carbons (Fsp3) is 0.500. The molecule has 1 heterocycles. The van der Waals surface area contributed by atoms with Gasteiger partial charge in [-0.25, -0.2) is 0 Å². The molecule has 3 nitrogen and oxygen atoms in total. The van der Waals surface area contributed by atoms with Gasteiger partial charge in [0.1, 0.15) is 11.3 Å². The maximum absolute atomic E-state index is 12.4. The van der Waals surface area contributed by atoms with Crippen LogP contribution in [0.4, 0.5) is 0 Å². The molecule has 3 heteroatoms. The van der Waals surface area contributed by atoms with E-state index < -0.39 is 5.41 Å². The van der Waals surface area contributed by atoms with E-state index >= 15 is 0 Å². The fourth-order valence-corrected chi connectivity index (χ4v) is 2.28. The van der Waals surface area contributed by atoms with Gasteiger partial charge in [-0.1, -0.05) is 41.5 Å². The van der Waals surface area contributed by atoms with Crippen molar-refractivity contribution in [1.82, 2.24) is 0 Å². The minimum absolute atomic E-state index is 0.0116. The average Bonchev–Trinajstić information content (AvgIpc) is 2.77. The lowest BCUT2D eigenvalue weighted by Crippen LogP contribution is -2.19. The van der Waals surface area contributed by atoms with Gasteiger partial charge in [0.2, 0.25) is 5.78 Å². The number of benzene rings is 1. The predicted octanol–water partition coefficient (Wildman–Crippen LogP) is 4.97. The highest BCUT2D eigenvalue weighted by Gasteiger charge is 2.28. The van der Waals surface area contributed by atoms with Crippen molar-refractivity contribution < 1.29 is 13.9 Å². The molecule has 1 aromatic carbocycles. The summed E-state index contributed by atoms with van der Waals surface area (Å²) in [6.45, 7) is 12.0. The highest BCUT2D eigenvalue weighted by atomic mass is 16.5. The Hall–Kier alpha value is -1.77. The minimum Gasteiger partial charge on any atom is -0.497 e. The van der Waals surface area contributed by atoms with Crippen LogP contribution in [0.2, 0.25) is 0 Å². The van der Waals surface area contributed by atoms with E-state index in [9.17, 15) is 4.79 Å². The van der Waals surface area contributed by atoms with Crippen LogP contribution in [0.5, 0.6) is 5.75 Å². The van der Waals surface area contributed by atoms with Gasteiger partial charge in [0.25, 0.3) is 0 Å². The molecule has 0 aliphatic heterocycles. The summed E-state index contributed by atoms with van der Waals surface area (Å²) in [5.41, 5.74) is 1.27. The van der Waals surface area contributed by atoms with Crippen molar-refractivity contribution in [1.29, 1.82) is 0 Å². The van der Waals surface area contributed by atoms with E-state index in [1.807, 2.05) is 39.0 Å². The Labute approximate surface area is 126 Å². The number of rotatable bonds is 2. The van der Waals surface area contributed by atoms with Crippen molar-refractivity contribution >= 4 is 16.8 Å². The number of hydrogen-bond acceptors (Lipinski definition) is 3. The van der Waals surface area contributed by atoms with Gasteiger partial charge >= 0.3 is 0 Å². The van der Waals surface area contributed by atoms with Gasteiger partial charge in [0.15, 0.2) is 5.76 Å². The van der Waals surface area contributed by atoms with E-state index in [1.165, 1.54) is 0 Å². The molecule has 1 aromatic heterocycles. The molecule has 0 amide bonds. The normalized spacial score (nSPS) is 12.7. The Bertz CT molecular complexity index is 679. The SMILES string of the molecule is COc1cc(C(C)(C)C)c2oc(C(=O)C(C)(C)C)cc2c1. The molecule has 0 unspecified atom stereocenters. The number of ether oxygens (including phenoxy) is 1. The van der Waals surface area contributed by atoms with Crippen LogP contribution in [-0.4, -0.2) is 12.9 Å². The van der Waals surface area contributed by atoms with Crippen molar-refractivity contribution in [2.45, 2.75) is 47.0 Å². The maximum atomic E-state index is 12.4. The van der Waals surface area contributed by atoms with E-state index in [2.05, 4.69) is 20.8 Å². The average molecular weight is 288 g/mol. The summed E-state index contributed by atoms with van der Waals surface area (Å²) in [6, 6.07) is 5.71. The summed E-state index contributed by atoms with van der Waals surface area (Å²) in [7, 11) is 1.65. The zero-order chi connectivity index (χ0) is 16.0. The number of carbonyl (C=O) groups excluding carboxylic acids is 1. The van der Waals surface area contributed by atoms with Crippen LogP contribution in [0.25, 0.3) is 11.0 Å². The Morgan fingerprint density at radius 1 is 1.05 bits per heavy atom. The molecular formula is C18H24O3. The number of methoxy groups -OCH3 is 1. The van der Waals surface area contributed by atoms with E-state index in [4.69, 9.17) is 9.15 Å². The summed E-state index contributed by atoms with van der Waals surface area (Å²) in [6.07, 6.45) is 0. The summed E-state index contributed by atoms with van der Waals surface area (Å²) >= 11 is 0. The highest BCUT2D eigenvalue weighted by Crippen LogP contribution is 2.36. The Morgan fingerprint density at radius 2 is 1.67 bits per heavy atom. The van der Waals surface area contributed by atoms with Crippen LogP contribution in [0.15, 0.2) is 22.6 Å². The number of Topliss-reactive ketones (excluding diaryl/α,β-unsaturated/α-hetero) is 1. The number of hydrogen-bond donors (Lipinski definition) is 0. The van der Waals surface area contributed by atoms with Crippen LogP contribution in [0.3, 0.4) is 0 Å². The highest BCUT2D eigenvalue weighted by molar-refractivity contribution is 6.01. The second-order valence-electron chi connectivity index (χ2n) is 7.53. The molecule has 0 atom stereocenters. The largest absolute Gasteiger partial charge is 0.497 e. The van der Waals surface area contributed by atoms with Gasteiger partial charge in [-0.3, -0.25) is 4.79 Å². The summed E-state index contributed by atoms with van der Waals surface area (Å²) in [5.74, 6) is 1.21.